The van der Waals surface area contributed by atoms with Crippen LogP contribution < -0.4 is 4.74 Å². The normalized spacial score (nSPS) is 15.6. The van der Waals surface area contributed by atoms with E-state index in [1.165, 1.54) is 6.07 Å². The van der Waals surface area contributed by atoms with Crippen molar-refractivity contribution in [2.24, 2.45) is 0 Å². The third-order valence-electron chi connectivity index (χ3n) is 7.12. The lowest BCUT2D eigenvalue weighted by Crippen LogP contribution is -2.51. The summed E-state index contributed by atoms with van der Waals surface area (Å²) in [7, 11) is -5.58. The second kappa shape index (κ2) is 11.9. The zero-order chi connectivity index (χ0) is 32.5. The Morgan fingerprint density at radius 3 is 2.35 bits per heavy atom. The Kier molecular flexibility index (Phi) is 7.90. The maximum atomic E-state index is 16.5. The predicted molar refractivity (Wildman–Crippen MR) is 154 cm³/mol. The third-order valence-corrected chi connectivity index (χ3v) is 7.67. The van der Waals surface area contributed by atoms with E-state index in [4.69, 9.17) is 14.5 Å². The molecule has 46 heavy (non-hydrogen) atoms. The molecule has 0 bridgehead atoms. The van der Waals surface area contributed by atoms with Crippen LogP contribution in [0.5, 0.6) is 5.75 Å². The van der Waals surface area contributed by atoms with Gasteiger partial charge < -0.3 is 14.5 Å². The van der Waals surface area contributed by atoms with Crippen LogP contribution in [-0.2, 0) is 33.8 Å². The molecule has 11 nitrogen and oxygen atoms in total. The van der Waals surface area contributed by atoms with E-state index in [-0.39, 0.29) is 17.0 Å². The molecule has 2 aromatic heterocycles. The van der Waals surface area contributed by atoms with Crippen LogP contribution in [0.2, 0.25) is 0 Å². The maximum Gasteiger partial charge on any atom is 0.470 e. The molecule has 1 aliphatic rings. The van der Waals surface area contributed by atoms with Gasteiger partial charge >= 0.3 is 13.7 Å². The van der Waals surface area contributed by atoms with E-state index in [1.807, 2.05) is 0 Å². The van der Waals surface area contributed by atoms with Crippen molar-refractivity contribution in [3.63, 3.8) is 0 Å². The molecule has 1 aliphatic heterocycles. The number of hydrogen-bond acceptors (Lipinski definition) is 8. The van der Waals surface area contributed by atoms with Crippen LogP contribution in [0, 0.1) is 29.0 Å². The van der Waals surface area contributed by atoms with Crippen LogP contribution in [0.3, 0.4) is 0 Å². The number of phosphoric acid groups is 1. The lowest BCUT2D eigenvalue weighted by Gasteiger charge is -2.42. The molecule has 0 saturated carbocycles. The van der Waals surface area contributed by atoms with Crippen molar-refractivity contribution in [2.45, 2.75) is 24.7 Å². The van der Waals surface area contributed by atoms with Gasteiger partial charge in [0.2, 0.25) is 0 Å². The summed E-state index contributed by atoms with van der Waals surface area (Å²) in [6, 6.07) is 20.9. The summed E-state index contributed by atoms with van der Waals surface area (Å²) in [4.78, 5) is 23.3. The number of halogens is 3. The van der Waals surface area contributed by atoms with Crippen molar-refractivity contribution in [1.82, 2.24) is 25.2 Å². The first kappa shape index (κ1) is 30.6. The predicted octanol–water partition coefficient (Wildman–Crippen LogP) is 4.83. The van der Waals surface area contributed by atoms with Gasteiger partial charge in [-0.2, -0.15) is 14.0 Å². The van der Waals surface area contributed by atoms with Crippen LogP contribution >= 0.6 is 7.82 Å². The van der Waals surface area contributed by atoms with Gasteiger partial charge in [0, 0.05) is 28.5 Å². The third kappa shape index (κ3) is 5.98. The standard InChI is InChI=1S/C31H20F3N6O5P/c32-24-10-13-27-26(15-24)29-37-38-39-40(29)19-30(27,45-46(41,42)43)31(33,34)28-14-9-22(17-36-28)4-1-20-7-11-25(12-8-20)44-18-23-5-2-21(16-35)3-6-23/h2-3,5-15,17H,18-19H2,(H2,41,42,43). The fourth-order valence-electron chi connectivity index (χ4n) is 4.94. The maximum absolute atomic E-state index is 16.5. The van der Waals surface area contributed by atoms with Crippen molar-refractivity contribution >= 4 is 7.82 Å². The van der Waals surface area contributed by atoms with E-state index < -0.39 is 43.0 Å². The lowest BCUT2D eigenvalue weighted by molar-refractivity contribution is -0.199. The van der Waals surface area contributed by atoms with Gasteiger partial charge in [0.1, 0.15) is 23.9 Å². The van der Waals surface area contributed by atoms with E-state index in [9.17, 15) is 18.7 Å². The molecule has 0 fully saturated rings. The molecule has 5 aromatic rings. The van der Waals surface area contributed by atoms with Crippen molar-refractivity contribution in [2.75, 3.05) is 0 Å². The van der Waals surface area contributed by atoms with Crippen LogP contribution in [0.25, 0.3) is 11.4 Å². The monoisotopic (exact) mass is 644 g/mol. The van der Waals surface area contributed by atoms with Gasteiger partial charge in [-0.15, -0.1) is 5.10 Å². The Morgan fingerprint density at radius 2 is 1.67 bits per heavy atom. The molecule has 230 valence electrons. The highest BCUT2D eigenvalue weighted by Crippen LogP contribution is 2.59. The number of aromatic nitrogens is 5. The van der Waals surface area contributed by atoms with Gasteiger partial charge in [0.15, 0.2) is 11.4 Å². The molecule has 0 spiro atoms. The summed E-state index contributed by atoms with van der Waals surface area (Å²) in [5.74, 6) is 1.25. The number of benzene rings is 3. The SMILES string of the molecule is N#Cc1ccc(COc2ccc(C#Cc3ccc(C(F)(F)C4(OP(=O)(O)O)Cn5nnnc5-c5cc(F)ccc54)nc3)cc2)cc1. The van der Waals surface area contributed by atoms with Gasteiger partial charge in [-0.05, 0) is 76.7 Å². The average Bonchev–Trinajstić information content (AvgIpc) is 3.51. The lowest BCUT2D eigenvalue weighted by atomic mass is 9.80. The van der Waals surface area contributed by atoms with Crippen molar-refractivity contribution < 1.29 is 36.8 Å². The molecule has 1 atom stereocenters. The number of alkyl halides is 2. The Morgan fingerprint density at radius 1 is 0.978 bits per heavy atom. The molecule has 0 saturated heterocycles. The fourth-order valence-corrected chi connectivity index (χ4v) is 5.62. The molecule has 0 aliphatic carbocycles. The molecule has 3 heterocycles. The highest BCUT2D eigenvalue weighted by molar-refractivity contribution is 7.46. The smallest absolute Gasteiger partial charge is 0.470 e. The zero-order valence-electron chi connectivity index (χ0n) is 23.4. The Hall–Kier alpha value is -5.37. The van der Waals surface area contributed by atoms with Crippen molar-refractivity contribution in [3.05, 3.63) is 124 Å². The quantitative estimate of drug-likeness (QED) is 0.186. The largest absolute Gasteiger partial charge is 0.489 e. The molecular formula is C31H20F3N6O5P. The van der Waals surface area contributed by atoms with Gasteiger partial charge in [-0.1, -0.05) is 30.0 Å². The van der Waals surface area contributed by atoms with Crippen LogP contribution in [0.15, 0.2) is 85.1 Å². The summed E-state index contributed by atoms with van der Waals surface area (Å²) < 4.78 is 70.7. The molecule has 0 radical (unpaired) electrons. The summed E-state index contributed by atoms with van der Waals surface area (Å²) in [5.41, 5.74) is -2.28. The molecule has 6 rings (SSSR count). The van der Waals surface area contributed by atoms with Crippen LogP contribution in [-0.4, -0.2) is 35.0 Å². The number of pyridine rings is 1. The van der Waals surface area contributed by atoms with Crippen molar-refractivity contribution in [3.8, 4) is 35.0 Å². The number of phosphoric ester groups is 1. The number of nitrogens with zero attached hydrogens (tertiary/aromatic N) is 6. The number of ether oxygens (including phenoxy) is 1. The minimum Gasteiger partial charge on any atom is -0.489 e. The minimum absolute atomic E-state index is 0.0836. The number of hydrogen-bond donors (Lipinski definition) is 2. The number of fused-ring (bicyclic) bond motifs is 3. The molecule has 0 amide bonds. The topological polar surface area (TPSA) is 156 Å². The number of tetrazole rings is 1. The first-order chi connectivity index (χ1) is 22.0. The van der Waals surface area contributed by atoms with Crippen molar-refractivity contribution in [1.29, 1.82) is 5.26 Å². The summed E-state index contributed by atoms with van der Waals surface area (Å²) in [6.07, 6.45) is 1.09. The van der Waals surface area contributed by atoms with E-state index in [0.717, 1.165) is 40.7 Å². The molecule has 1 unspecified atom stereocenters. The molecule has 15 heteroatoms. The number of nitriles is 1. The average molecular weight is 645 g/mol. The Bertz CT molecular complexity index is 2070. The van der Waals surface area contributed by atoms with E-state index in [2.05, 4.69) is 38.4 Å². The van der Waals surface area contributed by atoms with Gasteiger partial charge in [-0.3, -0.25) is 9.51 Å². The van der Waals surface area contributed by atoms with E-state index in [1.54, 1.807) is 48.5 Å². The minimum atomic E-state index is -5.58. The molecule has 2 N–H and O–H groups in total. The second-order valence-electron chi connectivity index (χ2n) is 10.1. The summed E-state index contributed by atoms with van der Waals surface area (Å²) in [6.45, 7) is -0.609. The molecular weight excluding hydrogens is 624 g/mol. The van der Waals surface area contributed by atoms with E-state index >= 15 is 8.78 Å². The summed E-state index contributed by atoms with van der Waals surface area (Å²) in [5, 5.41) is 19.7. The Balaban J connectivity index is 1.24. The van der Waals surface area contributed by atoms with E-state index in [0.29, 0.717) is 23.5 Å². The van der Waals surface area contributed by atoms with Gasteiger partial charge in [0.25, 0.3) is 0 Å². The zero-order valence-corrected chi connectivity index (χ0v) is 24.3. The fraction of sp³-hybridized carbons (Fsp3) is 0.129. The number of rotatable bonds is 7. The first-order valence-electron chi connectivity index (χ1n) is 13.4. The Labute approximate surface area is 259 Å². The van der Waals surface area contributed by atoms with Gasteiger partial charge in [-0.25, -0.2) is 13.6 Å². The summed E-state index contributed by atoms with van der Waals surface area (Å²) >= 11 is 0. The highest BCUT2D eigenvalue weighted by atomic mass is 31.2. The van der Waals surface area contributed by atoms with Crippen LogP contribution in [0.4, 0.5) is 13.2 Å². The molecule has 3 aromatic carbocycles. The van der Waals surface area contributed by atoms with Crippen LogP contribution in [0.1, 0.15) is 33.5 Å². The highest BCUT2D eigenvalue weighted by Gasteiger charge is 2.64. The van der Waals surface area contributed by atoms with Gasteiger partial charge in [0.05, 0.1) is 18.2 Å². The second-order valence-corrected chi connectivity index (χ2v) is 11.3. The first-order valence-corrected chi connectivity index (χ1v) is 14.9.